The van der Waals surface area contributed by atoms with E-state index in [9.17, 15) is 4.79 Å². The smallest absolute Gasteiger partial charge is 0.149 e. The van der Waals surface area contributed by atoms with Crippen LogP contribution in [-0.2, 0) is 9.53 Å². The first-order chi connectivity index (χ1) is 7.81. The van der Waals surface area contributed by atoms with E-state index in [1.165, 1.54) is 12.8 Å². The highest BCUT2D eigenvalue weighted by Crippen LogP contribution is 2.26. The maximum absolute atomic E-state index is 12.1. The quantitative estimate of drug-likeness (QED) is 0.731. The molecule has 0 aromatic carbocycles. The predicted octanol–water partition coefficient (Wildman–Crippen LogP) is 1.86. The number of hydrogen-bond donors (Lipinski definition) is 0. The normalized spacial score (nSPS) is 28.4. The van der Waals surface area contributed by atoms with Crippen LogP contribution in [0.4, 0.5) is 0 Å². The van der Waals surface area contributed by atoms with Gasteiger partial charge in [-0.1, -0.05) is 19.8 Å². The van der Waals surface area contributed by atoms with Crippen LogP contribution in [-0.4, -0.2) is 43.0 Å². The monoisotopic (exact) mass is 225 g/mol. The Balaban J connectivity index is 1.84. The molecule has 3 heteroatoms. The van der Waals surface area contributed by atoms with Gasteiger partial charge < -0.3 is 4.74 Å². The van der Waals surface area contributed by atoms with Crippen LogP contribution in [0.3, 0.4) is 0 Å². The Kier molecular flexibility index (Phi) is 4.36. The van der Waals surface area contributed by atoms with Gasteiger partial charge in [0.2, 0.25) is 0 Å². The van der Waals surface area contributed by atoms with E-state index in [0.29, 0.717) is 24.3 Å². The fourth-order valence-electron chi connectivity index (χ4n) is 2.85. The maximum atomic E-state index is 12.1. The highest BCUT2D eigenvalue weighted by molar-refractivity contribution is 5.83. The van der Waals surface area contributed by atoms with Crippen molar-refractivity contribution in [3.05, 3.63) is 0 Å². The van der Waals surface area contributed by atoms with E-state index in [1.54, 1.807) is 0 Å². The van der Waals surface area contributed by atoms with Gasteiger partial charge >= 0.3 is 0 Å². The van der Waals surface area contributed by atoms with Gasteiger partial charge in [-0.15, -0.1) is 0 Å². The molecule has 0 spiro atoms. The number of rotatable bonds is 4. The van der Waals surface area contributed by atoms with Crippen molar-refractivity contribution >= 4 is 5.78 Å². The molecule has 1 aliphatic heterocycles. The number of hydrogen-bond acceptors (Lipinski definition) is 3. The molecule has 1 aliphatic carbocycles. The highest BCUT2D eigenvalue weighted by Gasteiger charge is 2.28. The van der Waals surface area contributed by atoms with Gasteiger partial charge in [0.15, 0.2) is 0 Å². The third-order valence-corrected chi connectivity index (χ3v) is 3.99. The maximum Gasteiger partial charge on any atom is 0.149 e. The van der Waals surface area contributed by atoms with Crippen LogP contribution < -0.4 is 0 Å². The third kappa shape index (κ3) is 2.83. The Bertz CT molecular complexity index is 236. The fourth-order valence-corrected chi connectivity index (χ4v) is 2.85. The number of ether oxygens (including phenoxy) is 1. The average molecular weight is 225 g/mol. The Morgan fingerprint density at radius 3 is 2.81 bits per heavy atom. The molecule has 2 aliphatic rings. The lowest BCUT2D eigenvalue weighted by molar-refractivity contribution is -0.126. The van der Waals surface area contributed by atoms with Crippen molar-refractivity contribution in [2.24, 2.45) is 5.92 Å². The van der Waals surface area contributed by atoms with Gasteiger partial charge in [-0.3, -0.25) is 9.69 Å². The summed E-state index contributed by atoms with van der Waals surface area (Å²) in [6, 6.07) is 0.458. The molecule has 1 heterocycles. The summed E-state index contributed by atoms with van der Waals surface area (Å²) in [5.74, 6) is 0.832. The number of ketones is 1. The third-order valence-electron chi connectivity index (χ3n) is 3.99. The zero-order valence-corrected chi connectivity index (χ0v) is 10.3. The standard InChI is InChI=1S/C13H23NO2/c1-2-12-10-16-8-7-14(12)9-13(15)11-5-3-4-6-11/h11-12H,2-10H2,1H3. The van der Waals surface area contributed by atoms with E-state index in [2.05, 4.69) is 11.8 Å². The van der Waals surface area contributed by atoms with Crippen LogP contribution in [0.2, 0.25) is 0 Å². The van der Waals surface area contributed by atoms with Crippen LogP contribution in [0, 0.1) is 5.92 Å². The van der Waals surface area contributed by atoms with E-state index in [0.717, 1.165) is 39.0 Å². The van der Waals surface area contributed by atoms with Gasteiger partial charge in [-0.2, -0.15) is 0 Å². The van der Waals surface area contributed by atoms with Gasteiger partial charge in [0.1, 0.15) is 5.78 Å². The fraction of sp³-hybridized carbons (Fsp3) is 0.923. The van der Waals surface area contributed by atoms with Crippen molar-refractivity contribution in [1.29, 1.82) is 0 Å². The molecule has 0 amide bonds. The van der Waals surface area contributed by atoms with Crippen LogP contribution in [0.25, 0.3) is 0 Å². The molecule has 3 nitrogen and oxygen atoms in total. The van der Waals surface area contributed by atoms with Crippen LogP contribution in [0.1, 0.15) is 39.0 Å². The number of carbonyl (C=O) groups excluding carboxylic acids is 1. The van der Waals surface area contributed by atoms with Crippen LogP contribution >= 0.6 is 0 Å². The largest absolute Gasteiger partial charge is 0.378 e. The zero-order chi connectivity index (χ0) is 11.4. The van der Waals surface area contributed by atoms with Crippen LogP contribution in [0.15, 0.2) is 0 Å². The van der Waals surface area contributed by atoms with E-state index >= 15 is 0 Å². The molecule has 16 heavy (non-hydrogen) atoms. The number of carbonyl (C=O) groups is 1. The minimum absolute atomic E-state index is 0.361. The molecule has 1 saturated carbocycles. The first-order valence-electron chi connectivity index (χ1n) is 6.65. The minimum atomic E-state index is 0.361. The predicted molar refractivity (Wildman–Crippen MR) is 63.4 cm³/mol. The van der Waals surface area contributed by atoms with Gasteiger partial charge in [-0.05, 0) is 19.3 Å². The number of morpholine rings is 1. The Hall–Kier alpha value is -0.410. The second kappa shape index (κ2) is 5.78. The zero-order valence-electron chi connectivity index (χ0n) is 10.3. The summed E-state index contributed by atoms with van der Waals surface area (Å²) in [7, 11) is 0. The molecule has 0 aromatic rings. The summed E-state index contributed by atoms with van der Waals surface area (Å²) >= 11 is 0. The van der Waals surface area contributed by atoms with E-state index in [1.807, 2.05) is 0 Å². The van der Waals surface area contributed by atoms with Crippen molar-refractivity contribution in [1.82, 2.24) is 4.90 Å². The lowest BCUT2D eigenvalue weighted by Crippen LogP contribution is -2.48. The summed E-state index contributed by atoms with van der Waals surface area (Å²) in [5, 5.41) is 0. The Morgan fingerprint density at radius 2 is 2.12 bits per heavy atom. The molecule has 2 fully saturated rings. The van der Waals surface area contributed by atoms with Crippen molar-refractivity contribution in [2.45, 2.75) is 45.1 Å². The van der Waals surface area contributed by atoms with Crippen molar-refractivity contribution in [2.75, 3.05) is 26.3 Å². The Labute approximate surface area is 98.1 Å². The SMILES string of the molecule is CCC1COCCN1CC(=O)C1CCCC1. The molecule has 2 rings (SSSR count). The van der Waals surface area contributed by atoms with Gasteiger partial charge in [0, 0.05) is 18.5 Å². The summed E-state index contributed by atoms with van der Waals surface area (Å²) < 4.78 is 5.46. The first-order valence-corrected chi connectivity index (χ1v) is 6.65. The Morgan fingerprint density at radius 1 is 1.38 bits per heavy atom. The molecule has 1 saturated heterocycles. The molecule has 0 aromatic heterocycles. The van der Waals surface area contributed by atoms with Gasteiger partial charge in [0.25, 0.3) is 0 Å². The first kappa shape index (κ1) is 12.1. The molecule has 92 valence electrons. The number of Topliss-reactive ketones (excluding diaryl/α,β-unsaturated/α-hetero) is 1. The van der Waals surface area contributed by atoms with Crippen LogP contribution in [0.5, 0.6) is 0 Å². The molecule has 1 atom stereocenters. The van der Waals surface area contributed by atoms with Gasteiger partial charge in [-0.25, -0.2) is 0 Å². The molecule has 0 radical (unpaired) electrons. The summed E-state index contributed by atoms with van der Waals surface area (Å²) in [5.41, 5.74) is 0. The molecular formula is C13H23NO2. The number of nitrogens with zero attached hydrogens (tertiary/aromatic N) is 1. The average Bonchev–Trinajstić information content (AvgIpc) is 2.83. The van der Waals surface area contributed by atoms with Crippen molar-refractivity contribution in [3.63, 3.8) is 0 Å². The van der Waals surface area contributed by atoms with Crippen molar-refractivity contribution in [3.8, 4) is 0 Å². The summed E-state index contributed by atoms with van der Waals surface area (Å²) in [6.07, 6.45) is 5.82. The van der Waals surface area contributed by atoms with Gasteiger partial charge in [0.05, 0.1) is 19.8 Å². The second-order valence-corrected chi connectivity index (χ2v) is 5.06. The summed E-state index contributed by atoms with van der Waals surface area (Å²) in [4.78, 5) is 14.4. The second-order valence-electron chi connectivity index (χ2n) is 5.06. The lowest BCUT2D eigenvalue weighted by atomic mass is 10.0. The molecule has 0 N–H and O–H groups in total. The summed E-state index contributed by atoms with van der Waals surface area (Å²) in [6.45, 7) is 5.35. The lowest BCUT2D eigenvalue weighted by Gasteiger charge is -2.34. The van der Waals surface area contributed by atoms with E-state index in [4.69, 9.17) is 4.74 Å². The topological polar surface area (TPSA) is 29.5 Å². The molecular weight excluding hydrogens is 202 g/mol. The highest BCUT2D eigenvalue weighted by atomic mass is 16.5. The van der Waals surface area contributed by atoms with E-state index in [-0.39, 0.29) is 0 Å². The molecule has 0 bridgehead atoms. The van der Waals surface area contributed by atoms with E-state index < -0.39 is 0 Å². The van der Waals surface area contributed by atoms with Crippen molar-refractivity contribution < 1.29 is 9.53 Å². The molecule has 1 unspecified atom stereocenters. The minimum Gasteiger partial charge on any atom is -0.378 e.